The molecule has 0 fully saturated rings. The van der Waals surface area contributed by atoms with E-state index in [0.29, 0.717) is 0 Å². The third-order valence-electron chi connectivity index (χ3n) is 0. The maximum atomic E-state index is 0. The van der Waals surface area contributed by atoms with E-state index in [1.165, 1.54) is 0 Å². The Morgan fingerprint density at radius 3 is 0.667 bits per heavy atom. The van der Waals surface area contributed by atoms with E-state index in [1.807, 2.05) is 0 Å². The summed E-state index contributed by atoms with van der Waals surface area (Å²) in [5, 5.41) is 0. The van der Waals surface area contributed by atoms with E-state index < -0.39 is 0 Å². The first kappa shape index (κ1) is 77.2. The van der Waals surface area contributed by atoms with Crippen LogP contribution >= 0.6 is 0 Å². The Morgan fingerprint density at radius 1 is 0.667 bits per heavy atom. The maximum absolute atomic E-state index is 0. The van der Waals surface area contributed by atoms with Gasteiger partial charge in [0.05, 0.1) is 0 Å². The van der Waals surface area contributed by atoms with Crippen LogP contribution in [0, 0.1) is 0 Å². The van der Waals surface area contributed by atoms with Gasteiger partial charge in [0.2, 0.25) is 0 Å². The van der Waals surface area contributed by atoms with E-state index in [9.17, 15) is 0 Å². The summed E-state index contributed by atoms with van der Waals surface area (Å²) in [6.07, 6.45) is 0. The minimum atomic E-state index is 0. The smallest absolute Gasteiger partial charge is 2.00 e. The Balaban J connectivity index is 0. The zero-order valence-electron chi connectivity index (χ0n) is 3.26. The molecule has 0 saturated heterocycles. The van der Waals surface area contributed by atoms with Crippen molar-refractivity contribution >= 4 is 60.6 Å². The topological polar surface area (TPSA) is 57.0 Å². The summed E-state index contributed by atoms with van der Waals surface area (Å²) in [6, 6.07) is 0. The van der Waals surface area contributed by atoms with Gasteiger partial charge in [0, 0.05) is 0 Å². The van der Waals surface area contributed by atoms with Crippen LogP contribution in [-0.2, 0) is 30.4 Å². The average Bonchev–Trinajstić information content (AvgIpc) is 0. The fourth-order valence-electron chi connectivity index (χ4n) is 0. The van der Waals surface area contributed by atoms with Crippen LogP contribution in [0.4, 0.5) is 0 Å². The van der Waals surface area contributed by atoms with E-state index in [-0.39, 0.29) is 91.0 Å². The first-order valence-electron chi connectivity index (χ1n) is 0. The van der Waals surface area contributed by atoms with E-state index in [0.717, 1.165) is 0 Å². The Bertz CT molecular complexity index is 11.5. The predicted molar refractivity (Wildman–Crippen MR) is 18.6 cm³/mol. The molecule has 0 aromatic heterocycles. The molecule has 0 rings (SSSR count). The van der Waals surface area contributed by atoms with Gasteiger partial charge >= 0.3 is 80.0 Å². The SMILES string of the molecule is [Al+3].[Al+3].[In+3].[O-2].[O-2].[Zn+2]. The molecular weight excluding hydrogens is 266 g/mol. The number of rotatable bonds is 0. The molecule has 0 radical (unpaired) electrons. The van der Waals surface area contributed by atoms with Gasteiger partial charge in [0.1, 0.15) is 0 Å². The summed E-state index contributed by atoms with van der Waals surface area (Å²) in [5.41, 5.74) is 0. The second kappa shape index (κ2) is 51.1. The van der Waals surface area contributed by atoms with Gasteiger partial charge in [-0.3, -0.25) is 0 Å². The van der Waals surface area contributed by atoms with Crippen LogP contribution < -0.4 is 0 Å². The Hall–Kier alpha value is 2.48. The summed E-state index contributed by atoms with van der Waals surface area (Å²) in [4.78, 5) is 0. The minimum absolute atomic E-state index is 0. The van der Waals surface area contributed by atoms with Gasteiger partial charge < -0.3 is 11.0 Å². The van der Waals surface area contributed by atoms with Crippen LogP contribution in [-0.4, -0.2) is 60.6 Å². The molecule has 0 amide bonds. The normalized spacial score (nSPS) is 0. The molecular formula is Al2InO2Zn+7. The van der Waals surface area contributed by atoms with Crippen LogP contribution in [0.1, 0.15) is 0 Å². The summed E-state index contributed by atoms with van der Waals surface area (Å²) < 4.78 is 0. The van der Waals surface area contributed by atoms with Crippen molar-refractivity contribution in [2.24, 2.45) is 0 Å². The molecule has 0 aromatic carbocycles. The monoisotopic (exact) mass is 265 g/mol. The van der Waals surface area contributed by atoms with Crippen LogP contribution in [0.25, 0.3) is 0 Å². The third kappa shape index (κ3) is 31.7. The van der Waals surface area contributed by atoms with Crippen molar-refractivity contribution in [1.29, 1.82) is 0 Å². The zero-order chi connectivity index (χ0) is 0. The summed E-state index contributed by atoms with van der Waals surface area (Å²) >= 11 is 0. The van der Waals surface area contributed by atoms with Crippen molar-refractivity contribution in [2.45, 2.75) is 0 Å². The molecule has 6 heteroatoms. The van der Waals surface area contributed by atoms with Crippen molar-refractivity contribution in [3.05, 3.63) is 0 Å². The van der Waals surface area contributed by atoms with E-state index >= 15 is 0 Å². The second-order valence-corrected chi connectivity index (χ2v) is 0. The predicted octanol–water partition coefficient (Wildman–Crippen LogP) is -1.38. The van der Waals surface area contributed by atoms with Gasteiger partial charge in [0.25, 0.3) is 0 Å². The summed E-state index contributed by atoms with van der Waals surface area (Å²) in [5.74, 6) is 0. The van der Waals surface area contributed by atoms with E-state index in [4.69, 9.17) is 0 Å². The summed E-state index contributed by atoms with van der Waals surface area (Å²) in [6.45, 7) is 0. The number of hydrogen-bond donors (Lipinski definition) is 0. The zero-order valence-corrected chi connectivity index (χ0v) is 11.8. The van der Waals surface area contributed by atoms with Crippen molar-refractivity contribution in [3.8, 4) is 0 Å². The fourth-order valence-corrected chi connectivity index (χ4v) is 0. The fraction of sp³-hybridized carbons (Fsp3) is 0. The van der Waals surface area contributed by atoms with E-state index in [2.05, 4.69) is 0 Å². The number of hydrogen-bond acceptors (Lipinski definition) is 0. The van der Waals surface area contributed by atoms with Crippen molar-refractivity contribution < 1.29 is 30.4 Å². The van der Waals surface area contributed by atoms with E-state index in [1.54, 1.807) is 0 Å². The Morgan fingerprint density at radius 2 is 0.667 bits per heavy atom. The van der Waals surface area contributed by atoms with Crippen LogP contribution in [0.3, 0.4) is 0 Å². The molecule has 0 aliphatic rings. The molecule has 0 unspecified atom stereocenters. The molecule has 0 spiro atoms. The van der Waals surface area contributed by atoms with Crippen LogP contribution in [0.2, 0.25) is 0 Å². The quantitative estimate of drug-likeness (QED) is 0.485. The van der Waals surface area contributed by atoms with Crippen molar-refractivity contribution in [1.82, 2.24) is 0 Å². The summed E-state index contributed by atoms with van der Waals surface area (Å²) in [7, 11) is 0. The molecule has 0 bridgehead atoms. The van der Waals surface area contributed by atoms with Gasteiger partial charge in [0.15, 0.2) is 0 Å². The van der Waals surface area contributed by atoms with Gasteiger partial charge in [-0.05, 0) is 0 Å². The van der Waals surface area contributed by atoms with Gasteiger partial charge in [-0.15, -0.1) is 0 Å². The van der Waals surface area contributed by atoms with Gasteiger partial charge in [-0.25, -0.2) is 0 Å². The standard InChI is InChI=1S/2Al.In.2O.Zn/q3*+3;2*-2;+2. The first-order chi connectivity index (χ1) is 0. The molecule has 0 saturated carbocycles. The largest absolute Gasteiger partial charge is 3.00 e. The van der Waals surface area contributed by atoms with Gasteiger partial charge in [-0.1, -0.05) is 0 Å². The molecule has 2 nitrogen and oxygen atoms in total. The molecule has 0 N–H and O–H groups in total. The minimum Gasteiger partial charge on any atom is -2.00 e. The maximum Gasteiger partial charge on any atom is 3.00 e. The molecule has 0 atom stereocenters. The van der Waals surface area contributed by atoms with Crippen LogP contribution in [0.15, 0.2) is 0 Å². The molecule has 0 aliphatic heterocycles. The third-order valence-corrected chi connectivity index (χ3v) is 0. The molecule has 0 aromatic rings. The molecule has 0 heterocycles. The molecule has 16 valence electrons. The average molecular weight is 266 g/mol. The Labute approximate surface area is 89.9 Å². The molecule has 0 aliphatic carbocycles. The second-order valence-electron chi connectivity index (χ2n) is 0. The van der Waals surface area contributed by atoms with Crippen LogP contribution in [0.5, 0.6) is 0 Å². The van der Waals surface area contributed by atoms with Gasteiger partial charge in [-0.2, -0.15) is 0 Å². The molecule has 6 heavy (non-hydrogen) atoms. The Kier molecular flexibility index (Phi) is 657. The van der Waals surface area contributed by atoms with Crippen molar-refractivity contribution in [2.75, 3.05) is 0 Å². The van der Waals surface area contributed by atoms with Crippen molar-refractivity contribution in [3.63, 3.8) is 0 Å². The first-order valence-corrected chi connectivity index (χ1v) is 0.